The monoisotopic (exact) mass is 330 g/mol. The van der Waals surface area contributed by atoms with Crippen molar-refractivity contribution < 1.29 is 13.2 Å². The minimum atomic E-state index is -3.72. The van der Waals surface area contributed by atoms with Crippen LogP contribution in [0.2, 0.25) is 0 Å². The van der Waals surface area contributed by atoms with E-state index in [-0.39, 0.29) is 4.90 Å². The number of sulfonamides is 1. The maximum Gasteiger partial charge on any atom is 0.269 e. The summed E-state index contributed by atoms with van der Waals surface area (Å²) in [5.41, 5.74) is 1.65. The minimum Gasteiger partial charge on any atom is -0.495 e. The maximum atomic E-state index is 13.1. The molecule has 0 spiro atoms. The fourth-order valence-electron chi connectivity index (χ4n) is 2.59. The molecule has 0 amide bonds. The Kier molecular flexibility index (Phi) is 4.09. The van der Waals surface area contributed by atoms with Crippen LogP contribution in [0.1, 0.15) is 11.1 Å². The van der Waals surface area contributed by atoms with Crippen molar-refractivity contribution in [2.45, 2.75) is 11.8 Å². The largest absolute Gasteiger partial charge is 0.495 e. The van der Waals surface area contributed by atoms with Crippen LogP contribution in [0.3, 0.4) is 0 Å². The topological polar surface area (TPSA) is 59.0 Å². The minimum absolute atomic E-state index is 0.172. The lowest BCUT2D eigenvalue weighted by Crippen LogP contribution is -2.35. The molecule has 5 nitrogen and oxygen atoms in total. The van der Waals surface area contributed by atoms with Crippen LogP contribution in [-0.2, 0) is 10.0 Å². The van der Waals surface area contributed by atoms with E-state index < -0.39 is 10.0 Å². The molecule has 0 aliphatic carbocycles. The fraction of sp³-hybridized carbons (Fsp3) is 0.235. The Morgan fingerprint density at radius 3 is 2.57 bits per heavy atom. The molecule has 0 radical (unpaired) electrons. The molecule has 0 bridgehead atoms. The molecule has 1 aliphatic rings. The Bertz CT molecular complexity index is 845. The quantitative estimate of drug-likeness (QED) is 0.865. The van der Waals surface area contributed by atoms with E-state index in [4.69, 9.17) is 4.74 Å². The van der Waals surface area contributed by atoms with Crippen molar-refractivity contribution in [2.75, 3.05) is 20.2 Å². The normalized spacial score (nSPS) is 14.7. The SMILES string of the molecule is COc1ccc(C)cc1S(=O)(=O)N1CCN=C1c1ccccc1. The zero-order valence-corrected chi connectivity index (χ0v) is 13.9. The third-order valence-corrected chi connectivity index (χ3v) is 5.53. The van der Waals surface area contributed by atoms with E-state index >= 15 is 0 Å². The summed E-state index contributed by atoms with van der Waals surface area (Å²) in [6.45, 7) is 2.65. The van der Waals surface area contributed by atoms with Crippen LogP contribution in [0.15, 0.2) is 58.4 Å². The lowest BCUT2D eigenvalue weighted by atomic mass is 10.2. The second-order valence-corrected chi connectivity index (χ2v) is 7.13. The van der Waals surface area contributed by atoms with E-state index in [1.165, 1.54) is 11.4 Å². The predicted molar refractivity (Wildman–Crippen MR) is 89.5 cm³/mol. The smallest absolute Gasteiger partial charge is 0.269 e. The highest BCUT2D eigenvalue weighted by atomic mass is 32.2. The number of hydrogen-bond donors (Lipinski definition) is 0. The van der Waals surface area contributed by atoms with Gasteiger partial charge in [-0.3, -0.25) is 4.99 Å². The second kappa shape index (κ2) is 6.04. The van der Waals surface area contributed by atoms with Gasteiger partial charge in [-0.1, -0.05) is 36.4 Å². The lowest BCUT2D eigenvalue weighted by molar-refractivity contribution is 0.401. The van der Waals surface area contributed by atoms with Gasteiger partial charge in [-0.05, 0) is 24.6 Å². The molecule has 0 saturated carbocycles. The van der Waals surface area contributed by atoms with Gasteiger partial charge in [-0.25, -0.2) is 12.7 Å². The number of amidine groups is 1. The molecule has 3 rings (SSSR count). The van der Waals surface area contributed by atoms with Gasteiger partial charge in [-0.2, -0.15) is 0 Å². The molecule has 2 aromatic carbocycles. The van der Waals surface area contributed by atoms with Crippen molar-refractivity contribution >= 4 is 15.9 Å². The van der Waals surface area contributed by atoms with Gasteiger partial charge in [0.15, 0.2) is 0 Å². The molecule has 2 aromatic rings. The first-order chi connectivity index (χ1) is 11.0. The van der Waals surface area contributed by atoms with Gasteiger partial charge in [0.1, 0.15) is 16.5 Å². The number of benzene rings is 2. The third kappa shape index (κ3) is 2.82. The average molecular weight is 330 g/mol. The Hall–Kier alpha value is -2.34. The average Bonchev–Trinajstić information content (AvgIpc) is 3.06. The summed E-state index contributed by atoms with van der Waals surface area (Å²) < 4.78 is 32.8. The van der Waals surface area contributed by atoms with E-state index in [9.17, 15) is 8.42 Å². The Labute approximate surface area is 136 Å². The number of aryl methyl sites for hydroxylation is 1. The Morgan fingerprint density at radius 1 is 1.13 bits per heavy atom. The summed E-state index contributed by atoms with van der Waals surface area (Å²) in [4.78, 5) is 4.55. The zero-order chi connectivity index (χ0) is 16.4. The molecule has 120 valence electrons. The molecule has 0 atom stereocenters. The number of rotatable bonds is 4. The first-order valence-electron chi connectivity index (χ1n) is 7.31. The number of hydrogen-bond acceptors (Lipinski definition) is 4. The standard InChI is InChI=1S/C17H18N2O3S/c1-13-8-9-15(22-2)16(12-13)23(20,21)19-11-10-18-17(19)14-6-4-3-5-7-14/h3-9,12H,10-11H2,1-2H3. The van der Waals surface area contributed by atoms with Crippen LogP contribution in [-0.4, -0.2) is 38.8 Å². The zero-order valence-electron chi connectivity index (χ0n) is 13.1. The Morgan fingerprint density at radius 2 is 1.87 bits per heavy atom. The summed E-state index contributed by atoms with van der Waals surface area (Å²) in [5.74, 6) is 0.823. The molecule has 0 saturated heterocycles. The van der Waals surface area contributed by atoms with Gasteiger partial charge >= 0.3 is 0 Å². The summed E-state index contributed by atoms with van der Waals surface area (Å²) in [5, 5.41) is 0. The number of ether oxygens (including phenoxy) is 1. The predicted octanol–water partition coefficient (Wildman–Crippen LogP) is 2.45. The highest BCUT2D eigenvalue weighted by molar-refractivity contribution is 7.89. The van der Waals surface area contributed by atoms with Gasteiger partial charge in [0.25, 0.3) is 10.0 Å². The molecule has 1 heterocycles. The first-order valence-corrected chi connectivity index (χ1v) is 8.75. The number of nitrogens with zero attached hydrogens (tertiary/aromatic N) is 2. The molecule has 6 heteroatoms. The van der Waals surface area contributed by atoms with Crippen LogP contribution in [0, 0.1) is 6.92 Å². The summed E-state index contributed by atoms with van der Waals surface area (Å²) in [6, 6.07) is 14.5. The summed E-state index contributed by atoms with van der Waals surface area (Å²) in [7, 11) is -2.25. The molecule has 0 N–H and O–H groups in total. The van der Waals surface area contributed by atoms with Crippen LogP contribution in [0.25, 0.3) is 0 Å². The highest BCUT2D eigenvalue weighted by Gasteiger charge is 2.33. The van der Waals surface area contributed by atoms with Crippen molar-refractivity contribution in [3.63, 3.8) is 0 Å². The lowest BCUT2D eigenvalue weighted by Gasteiger charge is -2.22. The summed E-state index contributed by atoms with van der Waals surface area (Å²) >= 11 is 0. The van der Waals surface area contributed by atoms with E-state index in [1.807, 2.05) is 43.3 Å². The van der Waals surface area contributed by atoms with Crippen molar-refractivity contribution in [2.24, 2.45) is 4.99 Å². The molecule has 0 fully saturated rings. The van der Waals surface area contributed by atoms with Gasteiger partial charge in [-0.15, -0.1) is 0 Å². The molecule has 1 aliphatic heterocycles. The van der Waals surface area contributed by atoms with Crippen LogP contribution in [0.4, 0.5) is 0 Å². The van der Waals surface area contributed by atoms with Crippen molar-refractivity contribution in [1.82, 2.24) is 4.31 Å². The summed E-state index contributed by atoms with van der Waals surface area (Å²) in [6.07, 6.45) is 0. The van der Waals surface area contributed by atoms with Gasteiger partial charge in [0.2, 0.25) is 0 Å². The molecule has 23 heavy (non-hydrogen) atoms. The fourth-order valence-corrected chi connectivity index (χ4v) is 4.28. The number of methoxy groups -OCH3 is 1. The van der Waals surface area contributed by atoms with E-state index in [1.54, 1.807) is 12.1 Å². The third-order valence-electron chi connectivity index (χ3n) is 3.72. The van der Waals surface area contributed by atoms with Gasteiger partial charge < -0.3 is 4.74 Å². The number of aliphatic imine (C=N–C) groups is 1. The first kappa shape index (κ1) is 15.6. The maximum absolute atomic E-state index is 13.1. The van der Waals surface area contributed by atoms with Crippen LogP contribution >= 0.6 is 0 Å². The van der Waals surface area contributed by atoms with Crippen LogP contribution < -0.4 is 4.74 Å². The van der Waals surface area contributed by atoms with Gasteiger partial charge in [0, 0.05) is 5.56 Å². The second-order valence-electron chi connectivity index (χ2n) is 5.30. The van der Waals surface area contributed by atoms with Crippen molar-refractivity contribution in [3.05, 3.63) is 59.7 Å². The van der Waals surface area contributed by atoms with Crippen molar-refractivity contribution in [3.8, 4) is 5.75 Å². The van der Waals surface area contributed by atoms with E-state index in [2.05, 4.69) is 4.99 Å². The molecular formula is C17H18N2O3S. The van der Waals surface area contributed by atoms with Crippen molar-refractivity contribution in [1.29, 1.82) is 0 Å². The molecular weight excluding hydrogens is 312 g/mol. The highest BCUT2D eigenvalue weighted by Crippen LogP contribution is 2.29. The van der Waals surface area contributed by atoms with E-state index in [0.29, 0.717) is 24.7 Å². The molecule has 0 unspecified atom stereocenters. The Balaban J connectivity index is 2.07. The van der Waals surface area contributed by atoms with Gasteiger partial charge in [0.05, 0.1) is 20.2 Å². The van der Waals surface area contributed by atoms with E-state index in [0.717, 1.165) is 11.1 Å². The molecule has 0 aromatic heterocycles. The van der Waals surface area contributed by atoms with Crippen LogP contribution in [0.5, 0.6) is 5.75 Å².